The molecule has 1 saturated heterocycles. The number of amides is 3. The highest BCUT2D eigenvalue weighted by Crippen LogP contribution is 2.27. The Labute approximate surface area is 173 Å². The average Bonchev–Trinajstić information content (AvgIpc) is 3.37. The molecular formula is C22H21N3O5. The highest BCUT2D eigenvalue weighted by atomic mass is 16.5. The molecule has 8 heteroatoms. The summed E-state index contributed by atoms with van der Waals surface area (Å²) in [6.07, 6.45) is 3.12. The largest absolute Gasteiger partial charge is 0.467 e. The van der Waals surface area contributed by atoms with Crippen molar-refractivity contribution in [2.75, 3.05) is 19.8 Å². The highest BCUT2D eigenvalue weighted by molar-refractivity contribution is 6.22. The first-order chi connectivity index (χ1) is 14.6. The number of ether oxygens (including phenoxy) is 1. The number of carbonyl (C=O) groups is 3. The van der Waals surface area contributed by atoms with Crippen LogP contribution in [0.15, 0.2) is 41.0 Å². The van der Waals surface area contributed by atoms with Gasteiger partial charge in [-0.25, -0.2) is 0 Å². The predicted molar refractivity (Wildman–Crippen MR) is 104 cm³/mol. The van der Waals surface area contributed by atoms with Crippen molar-refractivity contribution in [1.29, 1.82) is 5.26 Å². The summed E-state index contributed by atoms with van der Waals surface area (Å²) < 4.78 is 10.6. The Hall–Kier alpha value is -3.44. The maximum Gasteiger partial charge on any atom is 0.261 e. The maximum absolute atomic E-state index is 13.2. The third kappa shape index (κ3) is 3.72. The molecule has 30 heavy (non-hydrogen) atoms. The fourth-order valence-corrected chi connectivity index (χ4v) is 3.91. The Balaban J connectivity index is 1.58. The highest BCUT2D eigenvalue weighted by Gasteiger charge is 2.37. The van der Waals surface area contributed by atoms with E-state index in [1.807, 2.05) is 0 Å². The van der Waals surface area contributed by atoms with Crippen molar-refractivity contribution < 1.29 is 23.5 Å². The van der Waals surface area contributed by atoms with E-state index < -0.39 is 11.8 Å². The van der Waals surface area contributed by atoms with Crippen molar-refractivity contribution in [3.63, 3.8) is 0 Å². The number of imide groups is 1. The van der Waals surface area contributed by atoms with Crippen LogP contribution < -0.4 is 0 Å². The molecule has 0 spiro atoms. The Morgan fingerprint density at radius 1 is 1.17 bits per heavy atom. The summed E-state index contributed by atoms with van der Waals surface area (Å²) in [6, 6.07) is 10.0. The van der Waals surface area contributed by atoms with E-state index in [2.05, 4.69) is 6.07 Å². The van der Waals surface area contributed by atoms with Gasteiger partial charge in [-0.1, -0.05) is 0 Å². The van der Waals surface area contributed by atoms with Gasteiger partial charge in [0.25, 0.3) is 17.7 Å². The zero-order valence-corrected chi connectivity index (χ0v) is 16.4. The van der Waals surface area contributed by atoms with Crippen LogP contribution in [0.5, 0.6) is 0 Å². The van der Waals surface area contributed by atoms with Crippen LogP contribution >= 0.6 is 0 Å². The Morgan fingerprint density at radius 2 is 1.93 bits per heavy atom. The second-order valence-electron chi connectivity index (χ2n) is 7.29. The van der Waals surface area contributed by atoms with E-state index in [9.17, 15) is 14.4 Å². The van der Waals surface area contributed by atoms with Gasteiger partial charge in [0.15, 0.2) is 0 Å². The normalized spacial score (nSPS) is 16.4. The Kier molecular flexibility index (Phi) is 5.63. The first-order valence-corrected chi connectivity index (χ1v) is 9.88. The smallest absolute Gasteiger partial charge is 0.261 e. The van der Waals surface area contributed by atoms with Crippen molar-refractivity contribution in [3.05, 3.63) is 59.0 Å². The molecule has 2 aromatic rings. The SMILES string of the molecule is N#CCCN(C(=O)c1ccc2c(c1)C(=O)N(Cc1ccco1)C2=O)C1CCOCC1. The van der Waals surface area contributed by atoms with Gasteiger partial charge in [-0.05, 0) is 43.2 Å². The van der Waals surface area contributed by atoms with Crippen molar-refractivity contribution in [1.82, 2.24) is 9.80 Å². The van der Waals surface area contributed by atoms with Crippen molar-refractivity contribution >= 4 is 17.7 Å². The molecule has 2 aliphatic rings. The fraction of sp³-hybridized carbons (Fsp3) is 0.364. The number of nitrogens with zero attached hydrogens (tertiary/aromatic N) is 3. The summed E-state index contributed by atoms with van der Waals surface area (Å²) in [5.74, 6) is -0.598. The van der Waals surface area contributed by atoms with Crippen LogP contribution in [0.25, 0.3) is 0 Å². The number of furan rings is 1. The van der Waals surface area contributed by atoms with E-state index in [4.69, 9.17) is 14.4 Å². The van der Waals surface area contributed by atoms with E-state index in [-0.39, 0.29) is 36.0 Å². The number of carbonyl (C=O) groups excluding carboxylic acids is 3. The lowest BCUT2D eigenvalue weighted by molar-refractivity contribution is 0.0296. The minimum Gasteiger partial charge on any atom is -0.467 e. The second kappa shape index (κ2) is 8.51. The summed E-state index contributed by atoms with van der Waals surface area (Å²) in [6.45, 7) is 1.49. The molecule has 0 radical (unpaired) electrons. The molecule has 1 aromatic heterocycles. The molecule has 4 rings (SSSR count). The lowest BCUT2D eigenvalue weighted by Gasteiger charge is -2.34. The van der Waals surface area contributed by atoms with Crippen molar-refractivity contribution in [3.8, 4) is 6.07 Å². The lowest BCUT2D eigenvalue weighted by Crippen LogP contribution is -2.44. The topological polar surface area (TPSA) is 104 Å². The molecule has 3 amide bonds. The minimum atomic E-state index is -0.448. The summed E-state index contributed by atoms with van der Waals surface area (Å²) in [5, 5.41) is 8.98. The Bertz CT molecular complexity index is 1000. The van der Waals surface area contributed by atoms with Gasteiger partial charge < -0.3 is 14.1 Å². The first kappa shape index (κ1) is 19.9. The number of nitriles is 1. The molecule has 3 heterocycles. The molecular weight excluding hydrogens is 386 g/mol. The first-order valence-electron chi connectivity index (χ1n) is 9.88. The molecule has 0 bridgehead atoms. The molecule has 154 valence electrons. The molecule has 0 aliphatic carbocycles. The molecule has 1 aromatic carbocycles. The third-order valence-corrected chi connectivity index (χ3v) is 5.47. The van der Waals surface area contributed by atoms with Crippen LogP contribution in [0.2, 0.25) is 0 Å². The van der Waals surface area contributed by atoms with Gasteiger partial charge in [-0.2, -0.15) is 5.26 Å². The number of fused-ring (bicyclic) bond motifs is 1. The number of rotatable bonds is 6. The zero-order chi connectivity index (χ0) is 21.1. The molecule has 0 atom stereocenters. The van der Waals surface area contributed by atoms with Gasteiger partial charge >= 0.3 is 0 Å². The molecule has 0 unspecified atom stereocenters. The summed E-state index contributed by atoms with van der Waals surface area (Å²) in [7, 11) is 0. The average molecular weight is 407 g/mol. The van der Waals surface area contributed by atoms with E-state index >= 15 is 0 Å². The van der Waals surface area contributed by atoms with E-state index in [1.165, 1.54) is 18.4 Å². The van der Waals surface area contributed by atoms with Crippen LogP contribution in [0, 0.1) is 11.3 Å². The summed E-state index contributed by atoms with van der Waals surface area (Å²) >= 11 is 0. The monoisotopic (exact) mass is 407 g/mol. The lowest BCUT2D eigenvalue weighted by atomic mass is 10.0. The van der Waals surface area contributed by atoms with Gasteiger partial charge in [0.1, 0.15) is 5.76 Å². The number of hydrogen-bond acceptors (Lipinski definition) is 6. The van der Waals surface area contributed by atoms with Gasteiger partial charge in [-0.15, -0.1) is 0 Å². The summed E-state index contributed by atoms with van der Waals surface area (Å²) in [5.41, 5.74) is 0.821. The second-order valence-corrected chi connectivity index (χ2v) is 7.29. The van der Waals surface area contributed by atoms with E-state index in [0.29, 0.717) is 43.9 Å². The van der Waals surface area contributed by atoms with Gasteiger partial charge in [0.2, 0.25) is 0 Å². The van der Waals surface area contributed by atoms with Crippen LogP contribution in [-0.4, -0.2) is 53.3 Å². The number of hydrogen-bond donors (Lipinski definition) is 0. The van der Waals surface area contributed by atoms with Gasteiger partial charge in [0.05, 0.1) is 36.4 Å². The van der Waals surface area contributed by atoms with Crippen LogP contribution in [0.3, 0.4) is 0 Å². The molecule has 8 nitrogen and oxygen atoms in total. The predicted octanol–water partition coefficient (Wildman–Crippen LogP) is 2.61. The third-order valence-electron chi connectivity index (χ3n) is 5.47. The van der Waals surface area contributed by atoms with E-state index in [0.717, 1.165) is 4.90 Å². The quantitative estimate of drug-likeness (QED) is 0.682. The standard InChI is InChI=1S/C22H21N3O5/c23-8-2-9-24(16-6-11-29-12-7-16)20(26)15-4-5-18-19(13-15)22(28)25(21(18)27)14-17-3-1-10-30-17/h1,3-5,10,13,16H,2,6-7,9,11-12,14H2. The molecule has 0 N–H and O–H groups in total. The minimum absolute atomic E-state index is 0.0133. The molecule has 2 aliphatic heterocycles. The molecule has 1 fully saturated rings. The van der Waals surface area contributed by atoms with Crippen LogP contribution in [0.1, 0.15) is 56.1 Å². The van der Waals surface area contributed by atoms with Crippen LogP contribution in [0.4, 0.5) is 0 Å². The van der Waals surface area contributed by atoms with E-state index in [1.54, 1.807) is 23.1 Å². The fourth-order valence-electron chi connectivity index (χ4n) is 3.91. The van der Waals surface area contributed by atoms with Crippen LogP contribution in [-0.2, 0) is 11.3 Å². The van der Waals surface area contributed by atoms with Gasteiger partial charge in [0, 0.05) is 31.4 Å². The molecule has 0 saturated carbocycles. The number of benzene rings is 1. The maximum atomic E-state index is 13.2. The van der Waals surface area contributed by atoms with Crippen molar-refractivity contribution in [2.24, 2.45) is 0 Å². The van der Waals surface area contributed by atoms with Crippen molar-refractivity contribution in [2.45, 2.75) is 31.8 Å². The summed E-state index contributed by atoms with van der Waals surface area (Å²) in [4.78, 5) is 41.5. The van der Waals surface area contributed by atoms with Gasteiger partial charge in [-0.3, -0.25) is 19.3 Å². The zero-order valence-electron chi connectivity index (χ0n) is 16.4. The Morgan fingerprint density at radius 3 is 2.63 bits per heavy atom.